The number of para-hydroxylation sites is 3. The number of anilines is 3. The summed E-state index contributed by atoms with van der Waals surface area (Å²) in [6.07, 6.45) is 0. The molecule has 0 amide bonds. The lowest BCUT2D eigenvalue weighted by atomic mass is 10.0. The minimum atomic E-state index is 0.905. The fourth-order valence-corrected chi connectivity index (χ4v) is 9.04. The lowest BCUT2D eigenvalue weighted by Crippen LogP contribution is -2.10. The van der Waals surface area contributed by atoms with Gasteiger partial charge in [-0.2, -0.15) is 0 Å². The van der Waals surface area contributed by atoms with Gasteiger partial charge in [0.1, 0.15) is 11.2 Å². The van der Waals surface area contributed by atoms with E-state index in [9.17, 15) is 0 Å². The molecular weight excluding hydrogens is 629 g/mol. The van der Waals surface area contributed by atoms with Gasteiger partial charge in [0.15, 0.2) is 0 Å². The third-order valence-electron chi connectivity index (χ3n) is 10.1. The van der Waals surface area contributed by atoms with Crippen LogP contribution in [0.4, 0.5) is 17.1 Å². The number of thiophene rings is 1. The molecule has 0 radical (unpaired) electrons. The van der Waals surface area contributed by atoms with E-state index in [1.165, 1.54) is 47.4 Å². The third kappa shape index (κ3) is 4.03. The van der Waals surface area contributed by atoms with Crippen LogP contribution in [-0.4, -0.2) is 4.57 Å². The lowest BCUT2D eigenvalue weighted by molar-refractivity contribution is 0.669. The summed E-state index contributed by atoms with van der Waals surface area (Å²) in [7, 11) is 0. The van der Waals surface area contributed by atoms with E-state index in [0.717, 1.165) is 50.1 Å². The van der Waals surface area contributed by atoms with Gasteiger partial charge in [-0.15, -0.1) is 11.3 Å². The molecule has 0 saturated carbocycles. The van der Waals surface area contributed by atoms with Gasteiger partial charge in [-0.25, -0.2) is 0 Å². The van der Waals surface area contributed by atoms with Crippen LogP contribution in [0.15, 0.2) is 174 Å². The molecule has 0 bridgehead atoms. The molecule has 0 aliphatic rings. The molecule has 0 unspecified atom stereocenters. The van der Waals surface area contributed by atoms with Crippen molar-refractivity contribution in [1.82, 2.24) is 4.57 Å². The van der Waals surface area contributed by atoms with Crippen LogP contribution in [0.5, 0.6) is 0 Å². The zero-order valence-corrected chi connectivity index (χ0v) is 27.7. The van der Waals surface area contributed by atoms with Gasteiger partial charge in [0.2, 0.25) is 0 Å². The highest BCUT2D eigenvalue weighted by atomic mass is 32.1. The highest BCUT2D eigenvalue weighted by Gasteiger charge is 2.21. The number of hydrogen-bond acceptors (Lipinski definition) is 3. The molecule has 11 aromatic rings. The van der Waals surface area contributed by atoms with E-state index < -0.39 is 0 Å². The quantitative estimate of drug-likeness (QED) is 0.188. The maximum Gasteiger partial charge on any atom is 0.136 e. The fraction of sp³-hybridized carbons (Fsp3) is 0. The monoisotopic (exact) mass is 656 g/mol. The second-order valence-electron chi connectivity index (χ2n) is 13.0. The number of fused-ring (bicyclic) bond motifs is 10. The first-order valence-electron chi connectivity index (χ1n) is 16.9. The second kappa shape index (κ2) is 10.6. The van der Waals surface area contributed by atoms with Gasteiger partial charge in [0.25, 0.3) is 0 Å². The van der Waals surface area contributed by atoms with Crippen LogP contribution in [0, 0.1) is 0 Å². The molecule has 11 rings (SSSR count). The van der Waals surface area contributed by atoms with E-state index in [4.69, 9.17) is 4.42 Å². The molecule has 3 heterocycles. The molecule has 0 atom stereocenters. The van der Waals surface area contributed by atoms with Crippen LogP contribution >= 0.6 is 11.3 Å². The predicted octanol–water partition coefficient (Wildman–Crippen LogP) is 13.7. The van der Waals surface area contributed by atoms with Crippen LogP contribution in [0.1, 0.15) is 0 Å². The average Bonchev–Trinajstić information content (AvgIpc) is 3.83. The first-order valence-corrected chi connectivity index (χ1v) is 17.7. The Balaban J connectivity index is 1.21. The third-order valence-corrected chi connectivity index (χ3v) is 11.3. The number of rotatable bonds is 4. The zero-order chi connectivity index (χ0) is 32.8. The van der Waals surface area contributed by atoms with Gasteiger partial charge >= 0.3 is 0 Å². The van der Waals surface area contributed by atoms with Crippen molar-refractivity contribution in [2.75, 3.05) is 4.90 Å². The molecule has 0 saturated heterocycles. The van der Waals surface area contributed by atoms with Crippen molar-refractivity contribution in [2.45, 2.75) is 0 Å². The number of benzene rings is 8. The van der Waals surface area contributed by atoms with Gasteiger partial charge in [-0.05, 0) is 89.6 Å². The summed E-state index contributed by atoms with van der Waals surface area (Å²) in [5.41, 5.74) is 8.69. The largest absolute Gasteiger partial charge is 0.456 e. The number of nitrogens with zero attached hydrogens (tertiary/aromatic N) is 2. The van der Waals surface area contributed by atoms with E-state index in [1.807, 2.05) is 23.5 Å². The zero-order valence-electron chi connectivity index (χ0n) is 26.9. The van der Waals surface area contributed by atoms with Crippen molar-refractivity contribution in [1.29, 1.82) is 0 Å². The molecule has 234 valence electrons. The molecule has 0 aliphatic heterocycles. The Labute approximate surface area is 291 Å². The summed E-state index contributed by atoms with van der Waals surface area (Å²) in [6, 6.07) is 61.4. The number of furan rings is 1. The summed E-state index contributed by atoms with van der Waals surface area (Å²) in [4.78, 5) is 2.44. The van der Waals surface area contributed by atoms with Gasteiger partial charge < -0.3 is 13.9 Å². The van der Waals surface area contributed by atoms with Crippen molar-refractivity contribution >= 4 is 103 Å². The van der Waals surface area contributed by atoms with E-state index in [-0.39, 0.29) is 0 Å². The van der Waals surface area contributed by atoms with E-state index in [0.29, 0.717) is 0 Å². The minimum absolute atomic E-state index is 0.905. The maximum absolute atomic E-state index is 6.34. The van der Waals surface area contributed by atoms with E-state index in [1.54, 1.807) is 0 Å². The second-order valence-corrected chi connectivity index (χ2v) is 14.0. The van der Waals surface area contributed by atoms with Crippen LogP contribution in [0.3, 0.4) is 0 Å². The van der Waals surface area contributed by atoms with Gasteiger partial charge in [0, 0.05) is 58.8 Å². The summed E-state index contributed by atoms with van der Waals surface area (Å²) >= 11 is 1.85. The topological polar surface area (TPSA) is 21.3 Å². The summed E-state index contributed by atoms with van der Waals surface area (Å²) in [5, 5.41) is 9.64. The molecule has 0 N–H and O–H groups in total. The molecule has 0 fully saturated rings. The first kappa shape index (κ1) is 27.6. The van der Waals surface area contributed by atoms with E-state index in [2.05, 4.69) is 167 Å². The standard InChI is InChI=1S/C46H28N2OS/c1-2-11-31(12-3-1)48-39-16-7-4-13-34(39)35-24-23-33(28-41(35)48)47(40-17-10-20-45-46(40)37-15-6-9-19-44(37)50-45)32-22-21-29-26-38-36-14-5-8-18-42(36)49-43(38)27-30(29)25-32/h1-28H. The Bertz CT molecular complexity index is 3110. The van der Waals surface area contributed by atoms with Crippen LogP contribution < -0.4 is 4.90 Å². The normalized spacial score (nSPS) is 12.0. The highest BCUT2D eigenvalue weighted by Crippen LogP contribution is 2.46. The fourth-order valence-electron chi connectivity index (χ4n) is 7.92. The molecule has 0 spiro atoms. The number of hydrogen-bond donors (Lipinski definition) is 0. The molecule has 4 heteroatoms. The Hall–Kier alpha value is -6.36. The van der Waals surface area contributed by atoms with Crippen molar-refractivity contribution in [3.8, 4) is 5.69 Å². The Morgan fingerprint density at radius 1 is 0.440 bits per heavy atom. The van der Waals surface area contributed by atoms with Crippen LogP contribution in [0.25, 0.3) is 80.4 Å². The van der Waals surface area contributed by atoms with Crippen molar-refractivity contribution in [3.63, 3.8) is 0 Å². The van der Waals surface area contributed by atoms with Crippen molar-refractivity contribution in [3.05, 3.63) is 170 Å². The van der Waals surface area contributed by atoms with E-state index >= 15 is 0 Å². The molecule has 8 aromatic carbocycles. The Morgan fingerprint density at radius 3 is 2.08 bits per heavy atom. The summed E-state index contributed by atoms with van der Waals surface area (Å²) in [5.74, 6) is 0. The molecule has 3 nitrogen and oxygen atoms in total. The Kier molecular flexibility index (Phi) is 5.83. The molecule has 50 heavy (non-hydrogen) atoms. The Morgan fingerprint density at radius 2 is 1.16 bits per heavy atom. The van der Waals surface area contributed by atoms with Crippen LogP contribution in [-0.2, 0) is 0 Å². The predicted molar refractivity (Wildman–Crippen MR) is 213 cm³/mol. The smallest absolute Gasteiger partial charge is 0.136 e. The molecular formula is C46H28N2OS. The minimum Gasteiger partial charge on any atom is -0.456 e. The van der Waals surface area contributed by atoms with Gasteiger partial charge in [-0.1, -0.05) is 91.0 Å². The highest BCUT2D eigenvalue weighted by molar-refractivity contribution is 7.26. The molecule has 3 aromatic heterocycles. The van der Waals surface area contributed by atoms with Crippen molar-refractivity contribution in [2.24, 2.45) is 0 Å². The summed E-state index contributed by atoms with van der Waals surface area (Å²) < 4.78 is 11.3. The number of aromatic nitrogens is 1. The summed E-state index contributed by atoms with van der Waals surface area (Å²) in [6.45, 7) is 0. The van der Waals surface area contributed by atoms with Gasteiger partial charge in [0.05, 0.1) is 16.7 Å². The van der Waals surface area contributed by atoms with Gasteiger partial charge in [-0.3, -0.25) is 0 Å². The maximum atomic E-state index is 6.34. The van der Waals surface area contributed by atoms with Crippen molar-refractivity contribution < 1.29 is 4.42 Å². The SMILES string of the molecule is c1ccc(-n2c3ccccc3c3ccc(N(c4ccc5cc6c(cc5c4)oc4ccccc46)c4cccc5sc6ccccc6c45)cc32)cc1. The lowest BCUT2D eigenvalue weighted by Gasteiger charge is -2.27. The van der Waals surface area contributed by atoms with Crippen LogP contribution in [0.2, 0.25) is 0 Å². The average molecular weight is 657 g/mol. The molecule has 0 aliphatic carbocycles. The first-order chi connectivity index (χ1) is 24.8.